The van der Waals surface area contributed by atoms with Gasteiger partial charge in [-0.15, -0.1) is 0 Å². The molecule has 170 valence electrons. The van der Waals surface area contributed by atoms with E-state index in [9.17, 15) is 14.4 Å². The summed E-state index contributed by atoms with van der Waals surface area (Å²) < 4.78 is 5.48. The number of carbonyl (C=O) groups excluding carboxylic acids is 2. The molecule has 0 saturated heterocycles. The van der Waals surface area contributed by atoms with Crippen molar-refractivity contribution < 1.29 is 29.3 Å². The number of amides is 2. The number of alkyl carbamates (subject to hydrolysis) is 1. The number of aliphatic hydroxyl groups is 1. The minimum Gasteiger partial charge on any atom is -0.480 e. The largest absolute Gasteiger partial charge is 0.480 e. The topological polar surface area (TPSA) is 125 Å². The molecule has 1 aliphatic carbocycles. The molecule has 2 aromatic carbocycles. The number of benzene rings is 2. The van der Waals surface area contributed by atoms with E-state index in [-0.39, 0.29) is 24.9 Å². The first kappa shape index (κ1) is 23.3. The lowest BCUT2D eigenvalue weighted by atomic mass is 9.98. The minimum atomic E-state index is -1.44. The third-order valence-corrected chi connectivity index (χ3v) is 5.46. The maximum Gasteiger partial charge on any atom is 0.407 e. The van der Waals surface area contributed by atoms with Gasteiger partial charge in [0, 0.05) is 5.92 Å². The Morgan fingerprint density at radius 2 is 1.50 bits per heavy atom. The Morgan fingerprint density at radius 3 is 2.00 bits per heavy atom. The molecule has 1 unspecified atom stereocenters. The molecule has 8 nitrogen and oxygen atoms in total. The maximum absolute atomic E-state index is 12.5. The normalized spacial score (nSPS) is 14.2. The number of carbonyl (C=O) groups is 3. The van der Waals surface area contributed by atoms with Gasteiger partial charge >= 0.3 is 12.1 Å². The van der Waals surface area contributed by atoms with Crippen LogP contribution in [-0.2, 0) is 14.3 Å². The molecule has 0 heterocycles. The van der Waals surface area contributed by atoms with Crippen LogP contribution in [0.5, 0.6) is 0 Å². The number of nitrogens with one attached hydrogen (secondary N) is 2. The number of rotatable bonds is 9. The van der Waals surface area contributed by atoms with Crippen LogP contribution in [0.1, 0.15) is 37.3 Å². The van der Waals surface area contributed by atoms with Gasteiger partial charge in [-0.1, -0.05) is 62.4 Å². The Labute approximate surface area is 186 Å². The molecule has 32 heavy (non-hydrogen) atoms. The van der Waals surface area contributed by atoms with Gasteiger partial charge in [0.15, 0.2) is 0 Å². The summed E-state index contributed by atoms with van der Waals surface area (Å²) >= 11 is 0. The van der Waals surface area contributed by atoms with Crippen LogP contribution in [0.2, 0.25) is 0 Å². The van der Waals surface area contributed by atoms with Crippen molar-refractivity contribution in [3.63, 3.8) is 0 Å². The fraction of sp³-hybridized carbons (Fsp3) is 0.375. The standard InChI is InChI=1S/C24H28N2O6/c1-14(2)11-20(22(28)25-21(12-27)23(29)30)26-24(31)32-13-19-17-9-5-3-7-15(17)16-8-4-6-10-18(16)19/h3-10,14,19-21,27H,11-13H2,1-2H3,(H,25,28)(H,26,31)(H,29,30)/t20?,21-/m1/s1. The number of hydrogen-bond acceptors (Lipinski definition) is 5. The fourth-order valence-electron chi connectivity index (χ4n) is 3.94. The maximum atomic E-state index is 12.5. The molecule has 0 saturated carbocycles. The zero-order valence-corrected chi connectivity index (χ0v) is 18.1. The van der Waals surface area contributed by atoms with Gasteiger partial charge < -0.3 is 25.6 Å². The molecule has 0 radical (unpaired) electrons. The molecule has 0 spiro atoms. The molecule has 0 fully saturated rings. The Kier molecular flexibility index (Phi) is 7.48. The van der Waals surface area contributed by atoms with E-state index in [1.165, 1.54) is 0 Å². The highest BCUT2D eigenvalue weighted by atomic mass is 16.5. The summed E-state index contributed by atoms with van der Waals surface area (Å²) in [6.45, 7) is 3.10. The highest BCUT2D eigenvalue weighted by Gasteiger charge is 2.30. The quantitative estimate of drug-likeness (QED) is 0.475. The molecule has 8 heteroatoms. The number of aliphatic carboxylic acids is 1. The van der Waals surface area contributed by atoms with Crippen molar-refractivity contribution in [2.24, 2.45) is 5.92 Å². The molecule has 0 aromatic heterocycles. The van der Waals surface area contributed by atoms with E-state index in [4.69, 9.17) is 14.9 Å². The second kappa shape index (κ2) is 10.3. The summed E-state index contributed by atoms with van der Waals surface area (Å²) in [6.07, 6.45) is -0.475. The highest BCUT2D eigenvalue weighted by Crippen LogP contribution is 2.44. The number of ether oxygens (including phenoxy) is 1. The van der Waals surface area contributed by atoms with Gasteiger partial charge in [0.05, 0.1) is 6.61 Å². The van der Waals surface area contributed by atoms with E-state index in [2.05, 4.69) is 10.6 Å². The third-order valence-electron chi connectivity index (χ3n) is 5.46. The summed E-state index contributed by atoms with van der Waals surface area (Å²) in [5, 5.41) is 23.0. The molecule has 2 atom stereocenters. The van der Waals surface area contributed by atoms with Crippen LogP contribution in [-0.4, -0.2) is 53.5 Å². The first-order valence-corrected chi connectivity index (χ1v) is 10.6. The van der Waals surface area contributed by atoms with Crippen LogP contribution in [0.4, 0.5) is 4.79 Å². The lowest BCUT2D eigenvalue weighted by molar-refractivity contribution is -0.143. The van der Waals surface area contributed by atoms with Gasteiger partial charge in [0.1, 0.15) is 18.7 Å². The second-order valence-corrected chi connectivity index (χ2v) is 8.23. The number of fused-ring (bicyclic) bond motifs is 3. The number of carboxylic acids is 1. The Bertz CT molecular complexity index is 944. The van der Waals surface area contributed by atoms with Crippen molar-refractivity contribution in [2.75, 3.05) is 13.2 Å². The van der Waals surface area contributed by atoms with Crippen molar-refractivity contribution in [2.45, 2.75) is 38.3 Å². The first-order valence-electron chi connectivity index (χ1n) is 10.6. The Balaban J connectivity index is 1.67. The summed E-state index contributed by atoms with van der Waals surface area (Å²) in [5.41, 5.74) is 4.37. The molecule has 0 bridgehead atoms. The lowest BCUT2D eigenvalue weighted by Crippen LogP contribution is -2.53. The van der Waals surface area contributed by atoms with Gasteiger partial charge in [-0.05, 0) is 34.6 Å². The SMILES string of the molecule is CC(C)CC(NC(=O)OCC1c2ccccc2-c2ccccc21)C(=O)N[C@H](CO)C(=O)O. The summed E-state index contributed by atoms with van der Waals surface area (Å²) in [4.78, 5) is 36.1. The van der Waals surface area contributed by atoms with E-state index in [0.29, 0.717) is 0 Å². The molecular weight excluding hydrogens is 412 g/mol. The molecule has 4 N–H and O–H groups in total. The number of hydrogen-bond donors (Lipinski definition) is 4. The average Bonchev–Trinajstić information content (AvgIpc) is 3.08. The van der Waals surface area contributed by atoms with E-state index < -0.39 is 36.7 Å². The van der Waals surface area contributed by atoms with E-state index in [1.54, 1.807) is 0 Å². The molecule has 3 rings (SSSR count). The van der Waals surface area contributed by atoms with E-state index in [1.807, 2.05) is 62.4 Å². The predicted molar refractivity (Wildman–Crippen MR) is 118 cm³/mol. The minimum absolute atomic E-state index is 0.0528. The third kappa shape index (κ3) is 5.26. The van der Waals surface area contributed by atoms with Crippen LogP contribution in [0.15, 0.2) is 48.5 Å². The zero-order valence-electron chi connectivity index (χ0n) is 18.1. The number of carboxylic acid groups (broad SMARTS) is 1. The molecular formula is C24H28N2O6. The van der Waals surface area contributed by atoms with Gasteiger partial charge in [0.2, 0.25) is 5.91 Å². The van der Waals surface area contributed by atoms with Crippen LogP contribution < -0.4 is 10.6 Å². The Morgan fingerprint density at radius 1 is 0.938 bits per heavy atom. The fourth-order valence-corrected chi connectivity index (χ4v) is 3.94. The monoisotopic (exact) mass is 440 g/mol. The van der Waals surface area contributed by atoms with Gasteiger partial charge in [-0.3, -0.25) is 4.79 Å². The van der Waals surface area contributed by atoms with Gasteiger partial charge in [-0.25, -0.2) is 9.59 Å². The van der Waals surface area contributed by atoms with E-state index in [0.717, 1.165) is 22.3 Å². The van der Waals surface area contributed by atoms with Crippen LogP contribution in [0.3, 0.4) is 0 Å². The highest BCUT2D eigenvalue weighted by molar-refractivity contribution is 5.89. The zero-order chi connectivity index (χ0) is 23.3. The van der Waals surface area contributed by atoms with Crippen molar-refractivity contribution in [3.05, 3.63) is 59.7 Å². The second-order valence-electron chi connectivity index (χ2n) is 8.23. The van der Waals surface area contributed by atoms with Gasteiger partial charge in [-0.2, -0.15) is 0 Å². The van der Waals surface area contributed by atoms with Crippen LogP contribution in [0, 0.1) is 5.92 Å². The average molecular weight is 440 g/mol. The van der Waals surface area contributed by atoms with E-state index >= 15 is 0 Å². The van der Waals surface area contributed by atoms with Crippen molar-refractivity contribution in [1.82, 2.24) is 10.6 Å². The number of aliphatic hydroxyl groups excluding tert-OH is 1. The van der Waals surface area contributed by atoms with Crippen molar-refractivity contribution >= 4 is 18.0 Å². The summed E-state index contributed by atoms with van der Waals surface area (Å²) in [5.74, 6) is -2.10. The van der Waals surface area contributed by atoms with Crippen LogP contribution in [0.25, 0.3) is 11.1 Å². The Hall–Kier alpha value is -3.39. The lowest BCUT2D eigenvalue weighted by Gasteiger charge is -2.22. The first-order chi connectivity index (χ1) is 15.3. The van der Waals surface area contributed by atoms with Gasteiger partial charge in [0.25, 0.3) is 0 Å². The predicted octanol–water partition coefficient (Wildman–Crippen LogP) is 2.50. The molecule has 2 aromatic rings. The van der Waals surface area contributed by atoms with Crippen molar-refractivity contribution in [3.8, 4) is 11.1 Å². The molecule has 2 amide bonds. The summed E-state index contributed by atoms with van der Waals surface area (Å²) in [7, 11) is 0. The van der Waals surface area contributed by atoms with Crippen LogP contribution >= 0.6 is 0 Å². The smallest absolute Gasteiger partial charge is 0.407 e. The van der Waals surface area contributed by atoms with Crippen molar-refractivity contribution in [1.29, 1.82) is 0 Å². The molecule has 0 aliphatic heterocycles. The molecule has 1 aliphatic rings. The summed E-state index contributed by atoms with van der Waals surface area (Å²) in [6, 6.07) is 13.5.